The molecule has 0 aromatic rings. The van der Waals surface area contributed by atoms with Gasteiger partial charge in [0.05, 0.1) is 13.2 Å². The van der Waals surface area contributed by atoms with E-state index >= 15 is 0 Å². The summed E-state index contributed by atoms with van der Waals surface area (Å²) < 4.78 is 4.95. The Morgan fingerprint density at radius 3 is 3.07 bits per heavy atom. The average molecular weight is 214 g/mol. The van der Waals surface area contributed by atoms with Gasteiger partial charge in [-0.3, -0.25) is 5.43 Å². The molecular weight excluding hydrogens is 192 g/mol. The van der Waals surface area contributed by atoms with E-state index in [2.05, 4.69) is 22.2 Å². The number of nitrogens with two attached hydrogens (primary N) is 1. The maximum absolute atomic E-state index is 5.47. The number of piperidine rings is 1. The van der Waals surface area contributed by atoms with E-state index in [0.717, 1.165) is 25.0 Å². The van der Waals surface area contributed by atoms with Gasteiger partial charge >= 0.3 is 0 Å². The van der Waals surface area contributed by atoms with Gasteiger partial charge in [-0.05, 0) is 18.8 Å². The molecule has 0 spiro atoms. The molecule has 1 saturated heterocycles. The van der Waals surface area contributed by atoms with Gasteiger partial charge in [0.25, 0.3) is 0 Å². The van der Waals surface area contributed by atoms with Crippen molar-refractivity contribution >= 4 is 5.96 Å². The summed E-state index contributed by atoms with van der Waals surface area (Å²) >= 11 is 0. The zero-order valence-electron chi connectivity index (χ0n) is 9.70. The minimum absolute atomic E-state index is 0.634. The van der Waals surface area contributed by atoms with Crippen LogP contribution in [0.4, 0.5) is 0 Å². The maximum atomic E-state index is 5.47. The van der Waals surface area contributed by atoms with Crippen molar-refractivity contribution in [1.82, 2.24) is 10.3 Å². The van der Waals surface area contributed by atoms with Gasteiger partial charge in [0.1, 0.15) is 0 Å². The van der Waals surface area contributed by atoms with Crippen molar-refractivity contribution in [2.75, 3.05) is 33.4 Å². The number of hydrazine groups is 1. The number of rotatable bonds is 3. The van der Waals surface area contributed by atoms with E-state index in [1.54, 1.807) is 7.11 Å². The van der Waals surface area contributed by atoms with Crippen LogP contribution >= 0.6 is 0 Å². The molecule has 0 aromatic carbocycles. The average Bonchev–Trinajstić information content (AvgIpc) is 2.24. The number of guanidine groups is 1. The third-order valence-electron chi connectivity index (χ3n) is 2.64. The molecule has 0 saturated carbocycles. The molecule has 1 atom stereocenters. The second-order valence-corrected chi connectivity index (χ2v) is 4.04. The van der Waals surface area contributed by atoms with Crippen LogP contribution in [0.25, 0.3) is 0 Å². The van der Waals surface area contributed by atoms with Crippen LogP contribution in [-0.4, -0.2) is 44.2 Å². The summed E-state index contributed by atoms with van der Waals surface area (Å²) in [5.41, 5.74) is 2.67. The summed E-state index contributed by atoms with van der Waals surface area (Å²) in [6.07, 6.45) is 2.51. The first kappa shape index (κ1) is 12.3. The van der Waals surface area contributed by atoms with Crippen LogP contribution < -0.4 is 11.3 Å². The normalized spacial score (nSPS) is 23.0. The second-order valence-electron chi connectivity index (χ2n) is 4.04. The van der Waals surface area contributed by atoms with E-state index in [0.29, 0.717) is 13.2 Å². The highest BCUT2D eigenvalue weighted by molar-refractivity contribution is 5.79. The molecule has 15 heavy (non-hydrogen) atoms. The van der Waals surface area contributed by atoms with Crippen molar-refractivity contribution in [1.29, 1.82) is 0 Å². The third-order valence-corrected chi connectivity index (χ3v) is 2.64. The Bertz CT molecular complexity index is 208. The molecule has 1 heterocycles. The number of nitrogens with zero attached hydrogens (tertiary/aromatic N) is 2. The molecule has 1 fully saturated rings. The zero-order chi connectivity index (χ0) is 11.1. The van der Waals surface area contributed by atoms with Crippen molar-refractivity contribution in [2.24, 2.45) is 16.8 Å². The van der Waals surface area contributed by atoms with Crippen LogP contribution in [-0.2, 0) is 4.74 Å². The Morgan fingerprint density at radius 1 is 1.67 bits per heavy atom. The Hall–Kier alpha value is -0.810. The predicted molar refractivity (Wildman–Crippen MR) is 61.5 cm³/mol. The van der Waals surface area contributed by atoms with Crippen molar-refractivity contribution in [2.45, 2.75) is 19.8 Å². The lowest BCUT2D eigenvalue weighted by molar-refractivity contribution is 0.206. The molecule has 1 aliphatic heterocycles. The highest BCUT2D eigenvalue weighted by atomic mass is 16.5. The van der Waals surface area contributed by atoms with Gasteiger partial charge in [0.15, 0.2) is 0 Å². The van der Waals surface area contributed by atoms with Crippen molar-refractivity contribution in [3.8, 4) is 0 Å². The number of hydrogen-bond donors (Lipinski definition) is 2. The number of hydrogen-bond acceptors (Lipinski definition) is 3. The Labute approximate surface area is 91.6 Å². The molecular formula is C10H22N4O. The molecule has 1 rings (SSSR count). The van der Waals surface area contributed by atoms with Crippen molar-refractivity contribution in [3.63, 3.8) is 0 Å². The predicted octanol–water partition coefficient (Wildman–Crippen LogP) is 0.184. The number of ether oxygens (including phenoxy) is 1. The van der Waals surface area contributed by atoms with Crippen LogP contribution in [0.5, 0.6) is 0 Å². The van der Waals surface area contributed by atoms with Crippen LogP contribution in [0.3, 0.4) is 0 Å². The molecule has 1 unspecified atom stereocenters. The molecule has 88 valence electrons. The number of likely N-dealkylation sites (tertiary alicyclic amines) is 1. The summed E-state index contributed by atoms with van der Waals surface area (Å²) in [6, 6.07) is 0. The van der Waals surface area contributed by atoms with Gasteiger partial charge in [-0.1, -0.05) is 6.92 Å². The van der Waals surface area contributed by atoms with Crippen LogP contribution in [0.1, 0.15) is 19.8 Å². The van der Waals surface area contributed by atoms with E-state index in [1.165, 1.54) is 12.8 Å². The van der Waals surface area contributed by atoms with Gasteiger partial charge in [-0.2, -0.15) is 0 Å². The highest BCUT2D eigenvalue weighted by Gasteiger charge is 2.18. The molecule has 0 bridgehead atoms. The fourth-order valence-electron chi connectivity index (χ4n) is 1.86. The molecule has 0 amide bonds. The fraction of sp³-hybridized carbons (Fsp3) is 0.900. The van der Waals surface area contributed by atoms with E-state index < -0.39 is 0 Å². The smallest absolute Gasteiger partial charge is 0.208 e. The molecule has 3 N–H and O–H groups in total. The first-order chi connectivity index (χ1) is 7.27. The van der Waals surface area contributed by atoms with E-state index in [4.69, 9.17) is 10.6 Å². The Kier molecular flexibility index (Phi) is 5.42. The minimum atomic E-state index is 0.634. The van der Waals surface area contributed by atoms with Gasteiger partial charge < -0.3 is 9.64 Å². The van der Waals surface area contributed by atoms with Crippen LogP contribution in [0.2, 0.25) is 0 Å². The number of methoxy groups -OCH3 is 1. The van der Waals surface area contributed by atoms with Gasteiger partial charge in [-0.15, -0.1) is 0 Å². The lowest BCUT2D eigenvalue weighted by Gasteiger charge is -2.32. The molecule has 5 heteroatoms. The van der Waals surface area contributed by atoms with Gasteiger partial charge in [0, 0.05) is 20.2 Å². The SMILES string of the molecule is COCCN=C(NN)N1CCCC(C)C1. The third kappa shape index (κ3) is 4.05. The Balaban J connectivity index is 2.45. The number of nitrogens with one attached hydrogen (secondary N) is 1. The second kappa shape index (κ2) is 6.63. The summed E-state index contributed by atoms with van der Waals surface area (Å²) in [4.78, 5) is 6.58. The lowest BCUT2D eigenvalue weighted by atomic mass is 10.0. The molecule has 0 aromatic heterocycles. The quantitative estimate of drug-likeness (QED) is 0.231. The number of aliphatic imine (C=N–C) groups is 1. The minimum Gasteiger partial charge on any atom is -0.383 e. The topological polar surface area (TPSA) is 62.9 Å². The van der Waals surface area contributed by atoms with E-state index in [-0.39, 0.29) is 0 Å². The lowest BCUT2D eigenvalue weighted by Crippen LogP contribution is -2.48. The summed E-state index contributed by atoms with van der Waals surface area (Å²) in [6.45, 7) is 5.63. The fourth-order valence-corrected chi connectivity index (χ4v) is 1.86. The first-order valence-corrected chi connectivity index (χ1v) is 5.53. The first-order valence-electron chi connectivity index (χ1n) is 5.53. The molecule has 1 aliphatic rings. The Morgan fingerprint density at radius 2 is 2.47 bits per heavy atom. The van der Waals surface area contributed by atoms with Gasteiger partial charge in [0.2, 0.25) is 5.96 Å². The largest absolute Gasteiger partial charge is 0.383 e. The standard InChI is InChI=1S/C10H22N4O/c1-9-4-3-6-14(8-9)10(13-11)12-5-7-15-2/h9H,3-8,11H2,1-2H3,(H,12,13). The highest BCUT2D eigenvalue weighted by Crippen LogP contribution is 2.15. The molecule has 0 aliphatic carbocycles. The molecule has 5 nitrogen and oxygen atoms in total. The van der Waals surface area contributed by atoms with Crippen LogP contribution in [0, 0.1) is 5.92 Å². The maximum Gasteiger partial charge on any atom is 0.208 e. The van der Waals surface area contributed by atoms with Crippen molar-refractivity contribution < 1.29 is 4.74 Å². The van der Waals surface area contributed by atoms with E-state index in [9.17, 15) is 0 Å². The zero-order valence-corrected chi connectivity index (χ0v) is 9.70. The summed E-state index contributed by atoms with van der Waals surface area (Å²) in [5.74, 6) is 6.98. The molecule has 0 radical (unpaired) electrons. The summed E-state index contributed by atoms with van der Waals surface area (Å²) in [5, 5.41) is 0. The van der Waals surface area contributed by atoms with Crippen LogP contribution in [0.15, 0.2) is 4.99 Å². The van der Waals surface area contributed by atoms with Crippen molar-refractivity contribution in [3.05, 3.63) is 0 Å². The summed E-state index contributed by atoms with van der Waals surface area (Å²) in [7, 11) is 1.67. The van der Waals surface area contributed by atoms with Gasteiger partial charge in [-0.25, -0.2) is 10.8 Å². The monoisotopic (exact) mass is 214 g/mol. The van der Waals surface area contributed by atoms with E-state index in [1.807, 2.05) is 0 Å².